The number of benzene rings is 2. The highest BCUT2D eigenvalue weighted by Crippen LogP contribution is 2.38. The Kier molecular flexibility index (Phi) is 9.26. The maximum Gasteiger partial charge on any atom is 0.417 e. The molecule has 0 spiro atoms. The van der Waals surface area contributed by atoms with E-state index >= 15 is 0 Å². The van der Waals surface area contributed by atoms with Gasteiger partial charge in [0.1, 0.15) is 5.75 Å². The van der Waals surface area contributed by atoms with Gasteiger partial charge in [-0.05, 0) is 70.7 Å². The monoisotopic (exact) mass is 657 g/mol. The first-order chi connectivity index (χ1) is 19.3. The van der Waals surface area contributed by atoms with E-state index in [1.807, 2.05) is 0 Å². The van der Waals surface area contributed by atoms with E-state index in [1.54, 1.807) is 31.2 Å². The summed E-state index contributed by atoms with van der Waals surface area (Å²) < 4.78 is 81.7. The molecule has 0 radical (unpaired) electrons. The maximum atomic E-state index is 13.6. The van der Waals surface area contributed by atoms with Gasteiger partial charge in [-0.3, -0.25) is 14.5 Å². The summed E-state index contributed by atoms with van der Waals surface area (Å²) in [4.78, 5) is 19.1. The fraction of sp³-hybridized carbons (Fsp3) is 0.333. The highest BCUT2D eigenvalue weighted by atomic mass is 79.9. The number of methoxy groups -OCH3 is 1. The SMILES string of the molecule is COCCOCOc1ccc(N2CCc3c(ccc(-c4ncc(C(F)(F)F)cc4Br)c3C)C2=O)cc1NS(C)(=O)=O. The van der Waals surface area contributed by atoms with Crippen LogP contribution in [0.3, 0.4) is 0 Å². The number of aromatic nitrogens is 1. The predicted molar refractivity (Wildman–Crippen MR) is 151 cm³/mol. The Hall–Kier alpha value is -3.20. The van der Waals surface area contributed by atoms with Crippen molar-refractivity contribution in [1.29, 1.82) is 0 Å². The number of carbonyl (C=O) groups is 1. The molecule has 1 N–H and O–H groups in total. The Morgan fingerprint density at radius 3 is 2.51 bits per heavy atom. The highest BCUT2D eigenvalue weighted by molar-refractivity contribution is 9.10. The standard InChI is InChI=1S/C27H27BrF3N3O6S/c1-16-19-8-9-34(18-4-7-24(40-15-39-11-10-38-2)23(13-18)33-41(3,36)37)26(35)21(19)6-5-20(16)25-22(28)12-17(14-32-25)27(29,30)31/h4-7,12-14,33H,8-11,15H2,1-3H3. The Bertz CT molecular complexity index is 1570. The first-order valence-electron chi connectivity index (χ1n) is 12.3. The zero-order chi connectivity index (χ0) is 29.9. The summed E-state index contributed by atoms with van der Waals surface area (Å²) in [6, 6.07) is 8.97. The number of alkyl halides is 3. The molecule has 0 atom stereocenters. The van der Waals surface area contributed by atoms with Gasteiger partial charge >= 0.3 is 6.18 Å². The van der Waals surface area contributed by atoms with Gasteiger partial charge in [-0.15, -0.1) is 0 Å². The van der Waals surface area contributed by atoms with Crippen LogP contribution >= 0.6 is 15.9 Å². The molecule has 2 heterocycles. The average molecular weight is 658 g/mol. The molecule has 0 aliphatic carbocycles. The number of rotatable bonds is 10. The van der Waals surface area contributed by atoms with Crippen molar-refractivity contribution >= 4 is 43.2 Å². The summed E-state index contributed by atoms with van der Waals surface area (Å²) in [5.41, 5.74) is 2.61. The number of sulfonamides is 1. The normalized spacial score (nSPS) is 13.7. The Morgan fingerprint density at radius 1 is 1.12 bits per heavy atom. The average Bonchev–Trinajstić information content (AvgIpc) is 2.89. The van der Waals surface area contributed by atoms with Gasteiger partial charge in [0.15, 0.2) is 6.79 Å². The molecule has 1 aliphatic rings. The van der Waals surface area contributed by atoms with Crippen LogP contribution in [-0.2, 0) is 32.1 Å². The molecule has 1 aromatic heterocycles. The van der Waals surface area contributed by atoms with E-state index in [1.165, 1.54) is 18.1 Å². The minimum absolute atomic E-state index is 0.136. The Balaban J connectivity index is 1.62. The van der Waals surface area contributed by atoms with E-state index < -0.39 is 21.8 Å². The third-order valence-electron chi connectivity index (χ3n) is 6.38. The van der Waals surface area contributed by atoms with E-state index in [0.29, 0.717) is 35.5 Å². The molecule has 0 fully saturated rings. The van der Waals surface area contributed by atoms with Gasteiger partial charge in [0.25, 0.3) is 5.91 Å². The van der Waals surface area contributed by atoms with E-state index in [4.69, 9.17) is 14.2 Å². The summed E-state index contributed by atoms with van der Waals surface area (Å²) in [5, 5.41) is 0. The molecule has 0 saturated carbocycles. The lowest BCUT2D eigenvalue weighted by molar-refractivity contribution is -0.137. The molecular weight excluding hydrogens is 631 g/mol. The van der Waals surface area contributed by atoms with Crippen LogP contribution in [0.4, 0.5) is 24.5 Å². The van der Waals surface area contributed by atoms with Crippen molar-refractivity contribution in [1.82, 2.24) is 4.98 Å². The van der Waals surface area contributed by atoms with Crippen molar-refractivity contribution in [3.05, 3.63) is 69.3 Å². The molecule has 1 aliphatic heterocycles. The summed E-state index contributed by atoms with van der Waals surface area (Å²) in [5.74, 6) is -0.0845. The number of fused-ring (bicyclic) bond motifs is 1. The van der Waals surface area contributed by atoms with Crippen molar-refractivity contribution < 1.29 is 40.6 Å². The topological polar surface area (TPSA) is 107 Å². The van der Waals surface area contributed by atoms with Crippen LogP contribution in [0.2, 0.25) is 0 Å². The number of carbonyl (C=O) groups excluding carboxylic acids is 1. The number of amides is 1. The first kappa shape index (κ1) is 30.8. The summed E-state index contributed by atoms with van der Waals surface area (Å²) in [7, 11) is -2.13. The van der Waals surface area contributed by atoms with Gasteiger partial charge in [-0.25, -0.2) is 8.42 Å². The molecule has 1 amide bonds. The molecule has 0 bridgehead atoms. The second-order valence-electron chi connectivity index (χ2n) is 9.24. The maximum absolute atomic E-state index is 13.6. The quantitative estimate of drug-likeness (QED) is 0.229. The van der Waals surface area contributed by atoms with Crippen molar-refractivity contribution in [2.24, 2.45) is 0 Å². The molecule has 14 heteroatoms. The minimum Gasteiger partial charge on any atom is -0.465 e. The zero-order valence-electron chi connectivity index (χ0n) is 22.3. The summed E-state index contributed by atoms with van der Waals surface area (Å²) in [6.07, 6.45) is -2.27. The third kappa shape index (κ3) is 7.18. The van der Waals surface area contributed by atoms with Crippen LogP contribution in [0.1, 0.15) is 27.0 Å². The number of hydrogen-bond donors (Lipinski definition) is 1. The van der Waals surface area contributed by atoms with Crippen LogP contribution < -0.4 is 14.4 Å². The van der Waals surface area contributed by atoms with Gasteiger partial charge in [-0.1, -0.05) is 6.07 Å². The number of ether oxygens (including phenoxy) is 3. The Morgan fingerprint density at radius 2 is 1.85 bits per heavy atom. The smallest absolute Gasteiger partial charge is 0.417 e. The molecule has 4 rings (SSSR count). The largest absolute Gasteiger partial charge is 0.465 e. The zero-order valence-corrected chi connectivity index (χ0v) is 24.7. The van der Waals surface area contributed by atoms with Gasteiger partial charge in [0.05, 0.1) is 36.4 Å². The molecule has 41 heavy (non-hydrogen) atoms. The lowest BCUT2D eigenvalue weighted by atomic mass is 9.89. The first-order valence-corrected chi connectivity index (χ1v) is 15.0. The van der Waals surface area contributed by atoms with E-state index in [0.717, 1.165) is 29.6 Å². The molecular formula is C27H27BrF3N3O6S. The predicted octanol–water partition coefficient (Wildman–Crippen LogP) is 5.41. The van der Waals surface area contributed by atoms with Crippen LogP contribution in [0.25, 0.3) is 11.3 Å². The minimum atomic E-state index is -4.52. The van der Waals surface area contributed by atoms with Crippen LogP contribution in [0, 0.1) is 6.92 Å². The van der Waals surface area contributed by atoms with Gasteiger partial charge < -0.3 is 19.1 Å². The van der Waals surface area contributed by atoms with Crippen molar-refractivity contribution in [3.63, 3.8) is 0 Å². The molecule has 0 saturated heterocycles. The van der Waals surface area contributed by atoms with E-state index in [-0.39, 0.29) is 41.8 Å². The van der Waals surface area contributed by atoms with Gasteiger partial charge in [0, 0.05) is 41.1 Å². The Labute approximate surface area is 243 Å². The number of hydrogen-bond acceptors (Lipinski definition) is 7. The van der Waals surface area contributed by atoms with E-state index in [2.05, 4.69) is 25.6 Å². The lowest BCUT2D eigenvalue weighted by Crippen LogP contribution is -2.38. The van der Waals surface area contributed by atoms with Crippen molar-refractivity contribution in [3.8, 4) is 17.0 Å². The highest BCUT2D eigenvalue weighted by Gasteiger charge is 2.32. The number of nitrogens with one attached hydrogen (secondary N) is 1. The van der Waals surface area contributed by atoms with Crippen molar-refractivity contribution in [2.45, 2.75) is 19.5 Å². The fourth-order valence-corrected chi connectivity index (χ4v) is 5.56. The third-order valence-corrected chi connectivity index (χ3v) is 7.58. The molecule has 9 nitrogen and oxygen atoms in total. The van der Waals surface area contributed by atoms with Crippen LogP contribution in [-0.4, -0.2) is 59.2 Å². The molecule has 3 aromatic rings. The number of pyridine rings is 1. The van der Waals surface area contributed by atoms with Gasteiger partial charge in [0.2, 0.25) is 10.0 Å². The number of anilines is 2. The van der Waals surface area contributed by atoms with Crippen LogP contribution in [0.15, 0.2) is 47.1 Å². The van der Waals surface area contributed by atoms with Gasteiger partial charge in [-0.2, -0.15) is 13.2 Å². The second-order valence-corrected chi connectivity index (χ2v) is 11.8. The summed E-state index contributed by atoms with van der Waals surface area (Å²) >= 11 is 3.21. The molecule has 2 aromatic carbocycles. The second kappa shape index (κ2) is 12.3. The number of halogens is 4. The van der Waals surface area contributed by atoms with Crippen molar-refractivity contribution in [2.75, 3.05) is 49.5 Å². The summed E-state index contributed by atoms with van der Waals surface area (Å²) in [6.45, 7) is 2.61. The fourth-order valence-electron chi connectivity index (χ4n) is 4.44. The lowest BCUT2D eigenvalue weighted by Gasteiger charge is -2.31. The molecule has 220 valence electrons. The molecule has 0 unspecified atom stereocenters. The van der Waals surface area contributed by atoms with Crippen LogP contribution in [0.5, 0.6) is 5.75 Å². The van der Waals surface area contributed by atoms with E-state index in [9.17, 15) is 26.4 Å². The number of nitrogens with zero attached hydrogens (tertiary/aromatic N) is 2.